The molecule has 1 spiro atoms. The van der Waals surface area contributed by atoms with Gasteiger partial charge in [0.15, 0.2) is 0 Å². The van der Waals surface area contributed by atoms with E-state index in [1.54, 1.807) is 0 Å². The number of hydrogen-bond acceptors (Lipinski definition) is 3. The molecule has 1 saturated heterocycles. The maximum atomic E-state index is 5.84. The molecule has 0 radical (unpaired) electrons. The molecule has 1 atom stereocenters. The SMILES string of the molecule is CC1(CBr)COC2(CCCCC2)OO1. The smallest absolute Gasteiger partial charge is 0.201 e. The molecule has 14 heavy (non-hydrogen) atoms. The fraction of sp³-hybridized carbons (Fsp3) is 1.00. The highest BCUT2D eigenvalue weighted by Crippen LogP contribution is 2.38. The van der Waals surface area contributed by atoms with Crippen molar-refractivity contribution in [2.45, 2.75) is 50.4 Å². The van der Waals surface area contributed by atoms with Crippen molar-refractivity contribution in [1.29, 1.82) is 0 Å². The Morgan fingerprint density at radius 3 is 2.36 bits per heavy atom. The van der Waals surface area contributed by atoms with Crippen LogP contribution in [0.15, 0.2) is 0 Å². The maximum absolute atomic E-state index is 5.84. The molecular formula is C10H17BrO3. The molecule has 0 N–H and O–H groups in total. The van der Waals surface area contributed by atoms with Gasteiger partial charge in [-0.1, -0.05) is 22.4 Å². The molecule has 0 aromatic rings. The van der Waals surface area contributed by atoms with Gasteiger partial charge in [-0.05, 0) is 19.8 Å². The van der Waals surface area contributed by atoms with Crippen LogP contribution in [0.2, 0.25) is 0 Å². The normalized spacial score (nSPS) is 37.3. The molecule has 0 bridgehead atoms. The third-order valence-electron chi connectivity index (χ3n) is 2.93. The fourth-order valence-corrected chi connectivity index (χ4v) is 2.14. The van der Waals surface area contributed by atoms with Gasteiger partial charge in [0.25, 0.3) is 0 Å². The summed E-state index contributed by atoms with van der Waals surface area (Å²) in [4.78, 5) is 10.9. The van der Waals surface area contributed by atoms with E-state index in [-0.39, 0.29) is 5.60 Å². The Morgan fingerprint density at radius 1 is 1.14 bits per heavy atom. The van der Waals surface area contributed by atoms with Crippen LogP contribution in [0.5, 0.6) is 0 Å². The molecule has 1 unspecified atom stereocenters. The number of rotatable bonds is 1. The first-order valence-electron chi connectivity index (χ1n) is 5.25. The summed E-state index contributed by atoms with van der Waals surface area (Å²) in [5.74, 6) is -0.431. The minimum absolute atomic E-state index is 0.331. The van der Waals surface area contributed by atoms with Gasteiger partial charge in [0.05, 0.1) is 6.61 Å². The van der Waals surface area contributed by atoms with Crippen LogP contribution in [0.4, 0.5) is 0 Å². The van der Waals surface area contributed by atoms with Gasteiger partial charge in [0.1, 0.15) is 5.60 Å². The van der Waals surface area contributed by atoms with E-state index in [9.17, 15) is 0 Å². The zero-order chi connectivity index (χ0) is 10.1. The molecule has 1 saturated carbocycles. The van der Waals surface area contributed by atoms with Gasteiger partial charge in [0, 0.05) is 18.2 Å². The van der Waals surface area contributed by atoms with E-state index in [1.807, 2.05) is 6.92 Å². The summed E-state index contributed by atoms with van der Waals surface area (Å²) in [5, 5.41) is 0.732. The highest BCUT2D eigenvalue weighted by atomic mass is 79.9. The van der Waals surface area contributed by atoms with Gasteiger partial charge in [-0.25, -0.2) is 9.78 Å². The van der Waals surface area contributed by atoms with Gasteiger partial charge in [-0.3, -0.25) is 0 Å². The Bertz CT molecular complexity index is 192. The molecule has 2 aliphatic rings. The predicted octanol–water partition coefficient (Wildman–Crippen LogP) is 2.78. The summed E-state index contributed by atoms with van der Waals surface area (Å²) in [5.41, 5.74) is -0.331. The molecule has 0 aromatic carbocycles. The van der Waals surface area contributed by atoms with E-state index >= 15 is 0 Å². The Labute approximate surface area is 93.1 Å². The number of ether oxygens (including phenoxy) is 1. The van der Waals surface area contributed by atoms with Crippen LogP contribution in [0.1, 0.15) is 39.0 Å². The molecule has 82 valence electrons. The molecule has 1 aliphatic heterocycles. The first-order valence-corrected chi connectivity index (χ1v) is 6.37. The summed E-state index contributed by atoms with van der Waals surface area (Å²) in [6, 6.07) is 0. The first-order chi connectivity index (χ1) is 6.68. The van der Waals surface area contributed by atoms with Crippen LogP contribution in [0, 0.1) is 0 Å². The second kappa shape index (κ2) is 4.08. The van der Waals surface area contributed by atoms with E-state index in [1.165, 1.54) is 19.3 Å². The molecule has 1 heterocycles. The van der Waals surface area contributed by atoms with E-state index in [0.29, 0.717) is 6.61 Å². The fourth-order valence-electron chi connectivity index (χ4n) is 1.89. The van der Waals surface area contributed by atoms with E-state index in [0.717, 1.165) is 18.2 Å². The highest BCUT2D eigenvalue weighted by Gasteiger charge is 2.44. The van der Waals surface area contributed by atoms with Crippen LogP contribution in [0.3, 0.4) is 0 Å². The largest absolute Gasteiger partial charge is 0.344 e. The van der Waals surface area contributed by atoms with Crippen molar-refractivity contribution < 1.29 is 14.5 Å². The zero-order valence-electron chi connectivity index (χ0n) is 8.55. The summed E-state index contributed by atoms with van der Waals surface area (Å²) in [7, 11) is 0. The van der Waals surface area contributed by atoms with Gasteiger partial charge in [-0.2, -0.15) is 0 Å². The van der Waals surface area contributed by atoms with Crippen molar-refractivity contribution in [3.63, 3.8) is 0 Å². The summed E-state index contributed by atoms with van der Waals surface area (Å²) in [6.07, 6.45) is 5.56. The predicted molar refractivity (Wildman–Crippen MR) is 56.1 cm³/mol. The Balaban J connectivity index is 1.93. The third-order valence-corrected chi connectivity index (χ3v) is 4.12. The minimum Gasteiger partial charge on any atom is -0.344 e. The lowest BCUT2D eigenvalue weighted by atomic mass is 9.94. The van der Waals surface area contributed by atoms with Crippen molar-refractivity contribution in [3.05, 3.63) is 0 Å². The second-order valence-corrected chi connectivity index (χ2v) is 5.07. The summed E-state index contributed by atoms with van der Waals surface area (Å²) < 4.78 is 5.84. The average molecular weight is 265 g/mol. The number of alkyl halides is 1. The van der Waals surface area contributed by atoms with Gasteiger partial charge in [-0.15, -0.1) is 0 Å². The number of hydrogen-bond donors (Lipinski definition) is 0. The first kappa shape index (κ1) is 10.9. The van der Waals surface area contributed by atoms with E-state index in [2.05, 4.69) is 15.9 Å². The highest BCUT2D eigenvalue weighted by molar-refractivity contribution is 9.09. The number of halogens is 1. The van der Waals surface area contributed by atoms with Gasteiger partial charge < -0.3 is 4.74 Å². The third kappa shape index (κ3) is 2.13. The molecule has 4 heteroatoms. The van der Waals surface area contributed by atoms with Crippen LogP contribution in [-0.4, -0.2) is 23.3 Å². The van der Waals surface area contributed by atoms with Crippen molar-refractivity contribution >= 4 is 15.9 Å². The quantitative estimate of drug-likeness (QED) is 0.539. The Kier molecular flexibility index (Phi) is 3.17. The average Bonchev–Trinajstić information content (AvgIpc) is 2.25. The zero-order valence-corrected chi connectivity index (χ0v) is 10.1. The summed E-state index contributed by atoms with van der Waals surface area (Å²) in [6.45, 7) is 2.59. The van der Waals surface area contributed by atoms with Crippen LogP contribution < -0.4 is 0 Å². The van der Waals surface area contributed by atoms with Gasteiger partial charge >= 0.3 is 0 Å². The molecule has 0 amide bonds. The van der Waals surface area contributed by atoms with Crippen molar-refractivity contribution in [1.82, 2.24) is 0 Å². The second-order valence-electron chi connectivity index (χ2n) is 4.51. The molecule has 2 rings (SSSR count). The lowest BCUT2D eigenvalue weighted by Gasteiger charge is -2.44. The Morgan fingerprint density at radius 2 is 1.86 bits per heavy atom. The van der Waals surface area contributed by atoms with Crippen LogP contribution in [-0.2, 0) is 14.5 Å². The van der Waals surface area contributed by atoms with E-state index < -0.39 is 5.79 Å². The minimum atomic E-state index is -0.431. The molecular weight excluding hydrogens is 248 g/mol. The lowest BCUT2D eigenvalue weighted by Crippen LogP contribution is -2.52. The monoisotopic (exact) mass is 264 g/mol. The van der Waals surface area contributed by atoms with Crippen LogP contribution in [0.25, 0.3) is 0 Å². The van der Waals surface area contributed by atoms with Crippen molar-refractivity contribution in [2.75, 3.05) is 11.9 Å². The van der Waals surface area contributed by atoms with E-state index in [4.69, 9.17) is 14.5 Å². The lowest BCUT2D eigenvalue weighted by molar-refractivity contribution is -0.510. The van der Waals surface area contributed by atoms with Crippen molar-refractivity contribution in [3.8, 4) is 0 Å². The molecule has 2 fully saturated rings. The molecule has 1 aliphatic carbocycles. The standard InChI is InChI=1S/C10H17BrO3/c1-9(7-11)8-12-10(14-13-9)5-3-2-4-6-10/h2-8H2,1H3. The van der Waals surface area contributed by atoms with Crippen molar-refractivity contribution in [2.24, 2.45) is 0 Å². The molecule has 3 nitrogen and oxygen atoms in total. The van der Waals surface area contributed by atoms with Gasteiger partial charge in [0.2, 0.25) is 5.79 Å². The summed E-state index contributed by atoms with van der Waals surface area (Å²) >= 11 is 3.39. The molecule has 0 aromatic heterocycles. The van der Waals surface area contributed by atoms with Crippen LogP contribution >= 0.6 is 15.9 Å². The maximum Gasteiger partial charge on any atom is 0.201 e. The Hall–Kier alpha value is 0.360. The topological polar surface area (TPSA) is 27.7 Å².